The largest absolute Gasteiger partial charge is 0.489 e. The molecule has 2 saturated heterocycles. The first kappa shape index (κ1) is 33.2. The molecular formula is C27H34N7O10S2+. The minimum Gasteiger partial charge on any atom is -0.489 e. The Kier molecular flexibility index (Phi) is 9.32. The number of hydrogen-bond donors (Lipinski definition) is 4. The Balaban J connectivity index is 1.29. The number of carboxylic acids is 1. The standard InChI is InChI=1S/C27H33N7O10S2/c1-27(2)18(24(36)34(27)44-46(39,40)41)9-21(35)23(19-14-45-26(28)30-19)31-43-22(25(37)38)13-42-17-4-5-20-16(8-17)12-33(32(20)3)11-15-6-7-29-10-15/h4-5,8,12,14-15,18,22,29H,6-7,9-11,13H2,1-3H3,(H3-,28,30,37,38,39,40,41)/p+1/b31-23-/t15-,18-,22+/m1/s1. The first-order valence-corrected chi connectivity index (χ1v) is 16.4. The molecule has 2 aliphatic rings. The minimum atomic E-state index is -4.98. The molecule has 0 bridgehead atoms. The third kappa shape index (κ3) is 7.12. The summed E-state index contributed by atoms with van der Waals surface area (Å²) in [7, 11) is -3.01. The molecule has 248 valence electrons. The zero-order valence-corrected chi connectivity index (χ0v) is 26.8. The molecule has 0 spiro atoms. The second-order valence-electron chi connectivity index (χ2n) is 11.6. The number of ketones is 1. The van der Waals surface area contributed by atoms with Gasteiger partial charge in [-0.1, -0.05) is 5.16 Å². The van der Waals surface area contributed by atoms with Crippen molar-refractivity contribution in [1.82, 2.24) is 20.0 Å². The van der Waals surface area contributed by atoms with Gasteiger partial charge in [0.25, 0.3) is 12.0 Å². The van der Waals surface area contributed by atoms with E-state index in [-0.39, 0.29) is 10.8 Å². The van der Waals surface area contributed by atoms with Crippen LogP contribution in [0.3, 0.4) is 0 Å². The van der Waals surface area contributed by atoms with E-state index in [1.165, 1.54) is 19.2 Å². The topological polar surface area (TPSA) is 229 Å². The van der Waals surface area contributed by atoms with E-state index in [0.29, 0.717) is 16.7 Å². The van der Waals surface area contributed by atoms with E-state index in [2.05, 4.69) is 29.1 Å². The van der Waals surface area contributed by atoms with Gasteiger partial charge in [-0.2, -0.15) is 18.2 Å². The molecule has 0 unspecified atom stereocenters. The van der Waals surface area contributed by atoms with Crippen LogP contribution >= 0.6 is 11.3 Å². The molecule has 4 heterocycles. The van der Waals surface area contributed by atoms with E-state index in [4.69, 9.17) is 19.9 Å². The maximum absolute atomic E-state index is 13.4. The molecule has 5 rings (SSSR count). The quantitative estimate of drug-likeness (QED) is 0.0591. The van der Waals surface area contributed by atoms with Crippen LogP contribution in [0.25, 0.3) is 10.9 Å². The average molecular weight is 681 g/mol. The van der Waals surface area contributed by atoms with Crippen LogP contribution in [-0.4, -0.2) is 87.5 Å². The number of nitrogens with one attached hydrogen (secondary N) is 1. The number of nitrogens with two attached hydrogens (primary N) is 1. The summed E-state index contributed by atoms with van der Waals surface area (Å²) in [5, 5.41) is 19.8. The van der Waals surface area contributed by atoms with Gasteiger partial charge in [-0.05, 0) is 45.0 Å². The first-order chi connectivity index (χ1) is 21.6. The molecule has 19 heteroatoms. The van der Waals surface area contributed by atoms with Crippen molar-refractivity contribution in [2.24, 2.45) is 24.0 Å². The van der Waals surface area contributed by atoms with Gasteiger partial charge in [0.15, 0.2) is 23.2 Å². The monoisotopic (exact) mass is 680 g/mol. The van der Waals surface area contributed by atoms with Crippen LogP contribution in [0.5, 0.6) is 5.75 Å². The number of aryl methyl sites for hydroxylation is 1. The Morgan fingerprint density at radius 2 is 2.11 bits per heavy atom. The fraction of sp³-hybridized carbons (Fsp3) is 0.481. The molecule has 0 radical (unpaired) electrons. The van der Waals surface area contributed by atoms with Gasteiger partial charge >= 0.3 is 16.4 Å². The summed E-state index contributed by atoms with van der Waals surface area (Å²) >= 11 is 0.997. The van der Waals surface area contributed by atoms with Crippen LogP contribution in [0.4, 0.5) is 5.13 Å². The summed E-state index contributed by atoms with van der Waals surface area (Å²) in [5.74, 6) is -3.18. The molecule has 46 heavy (non-hydrogen) atoms. The lowest BCUT2D eigenvalue weighted by molar-refractivity contribution is -0.775. The van der Waals surface area contributed by atoms with Crippen LogP contribution in [-0.2, 0) is 47.5 Å². The number of ether oxygens (including phenoxy) is 1. The van der Waals surface area contributed by atoms with E-state index >= 15 is 0 Å². The van der Waals surface area contributed by atoms with Crippen molar-refractivity contribution in [3.05, 3.63) is 35.5 Å². The van der Waals surface area contributed by atoms with Crippen molar-refractivity contribution in [2.45, 2.75) is 44.9 Å². The van der Waals surface area contributed by atoms with Crippen molar-refractivity contribution in [1.29, 1.82) is 0 Å². The number of oxime groups is 1. The zero-order chi connectivity index (χ0) is 33.4. The SMILES string of the molecule is Cn1c2ccc(OC[C@H](O/N=C(\C(=O)C[C@@H]3C(=O)N(OS(=O)(=O)O)C3(C)C)c3csc(N)n3)C(=O)O)cc2c[n+]1C[C@@H]1CCNC1. The highest BCUT2D eigenvalue weighted by molar-refractivity contribution is 7.80. The molecule has 3 atom stereocenters. The number of anilines is 1. The Morgan fingerprint density at radius 3 is 2.72 bits per heavy atom. The summed E-state index contributed by atoms with van der Waals surface area (Å²) in [6, 6.07) is 5.38. The van der Waals surface area contributed by atoms with Gasteiger partial charge in [0.2, 0.25) is 6.20 Å². The Bertz CT molecular complexity index is 1800. The number of amides is 1. The van der Waals surface area contributed by atoms with Crippen molar-refractivity contribution in [2.75, 3.05) is 25.4 Å². The number of aromatic nitrogens is 3. The van der Waals surface area contributed by atoms with Gasteiger partial charge in [0.05, 0.1) is 23.9 Å². The maximum atomic E-state index is 13.4. The first-order valence-electron chi connectivity index (χ1n) is 14.2. The number of aliphatic carboxylic acids is 1. The van der Waals surface area contributed by atoms with Gasteiger partial charge in [0.1, 0.15) is 23.6 Å². The normalized spacial score (nSPS) is 20.5. The number of β-lactam (4-membered cyclic amide) rings is 1. The second kappa shape index (κ2) is 12.9. The Labute approximate surface area is 267 Å². The van der Waals surface area contributed by atoms with Crippen LogP contribution < -0.4 is 20.5 Å². The number of hydroxylamine groups is 2. The summed E-state index contributed by atoms with van der Waals surface area (Å²) in [4.78, 5) is 47.3. The maximum Gasteiger partial charge on any atom is 0.418 e. The average Bonchev–Trinajstić information content (AvgIpc) is 3.73. The Hall–Kier alpha value is -4.17. The number of benzene rings is 1. The lowest BCUT2D eigenvalue weighted by Crippen LogP contribution is -2.68. The number of fused-ring (bicyclic) bond motifs is 1. The van der Waals surface area contributed by atoms with Crippen LogP contribution in [0.2, 0.25) is 0 Å². The number of carbonyl (C=O) groups excluding carboxylic acids is 2. The molecule has 17 nitrogen and oxygen atoms in total. The second-order valence-corrected chi connectivity index (χ2v) is 13.5. The summed E-state index contributed by atoms with van der Waals surface area (Å²) < 4.78 is 45.5. The highest BCUT2D eigenvalue weighted by Crippen LogP contribution is 2.40. The predicted molar refractivity (Wildman–Crippen MR) is 162 cm³/mol. The van der Waals surface area contributed by atoms with E-state index in [1.54, 1.807) is 12.1 Å². The van der Waals surface area contributed by atoms with Crippen LogP contribution in [0, 0.1) is 11.8 Å². The number of Topliss-reactive ketones (excluding diaryl/α,β-unsaturated/α-hetero) is 1. The van der Waals surface area contributed by atoms with Crippen molar-refractivity contribution >= 4 is 61.1 Å². The van der Waals surface area contributed by atoms with Gasteiger partial charge in [-0.3, -0.25) is 14.1 Å². The molecule has 2 fully saturated rings. The van der Waals surface area contributed by atoms with Gasteiger partial charge in [-0.25, -0.2) is 9.78 Å². The number of rotatable bonds is 14. The van der Waals surface area contributed by atoms with Gasteiger partial charge < -0.3 is 25.7 Å². The fourth-order valence-corrected chi connectivity index (χ4v) is 6.44. The van der Waals surface area contributed by atoms with Crippen molar-refractivity contribution in [3.63, 3.8) is 0 Å². The summed E-state index contributed by atoms with van der Waals surface area (Å²) in [5.41, 5.74) is 4.99. The third-order valence-corrected chi connectivity index (χ3v) is 9.05. The third-order valence-electron chi connectivity index (χ3n) is 8.04. The number of nitrogens with zero attached hydrogens (tertiary/aromatic N) is 5. The van der Waals surface area contributed by atoms with Crippen molar-refractivity contribution < 1.29 is 51.0 Å². The molecule has 3 aromatic rings. The lowest BCUT2D eigenvalue weighted by atomic mass is 9.74. The molecular weight excluding hydrogens is 646 g/mol. The zero-order valence-electron chi connectivity index (χ0n) is 25.2. The number of nitrogen functional groups attached to an aromatic ring is 1. The number of thiazole rings is 1. The molecule has 1 amide bonds. The molecule has 1 aromatic carbocycles. The van der Waals surface area contributed by atoms with Crippen molar-refractivity contribution in [3.8, 4) is 5.75 Å². The number of hydrogen-bond acceptors (Lipinski definition) is 13. The van der Waals surface area contributed by atoms with E-state index in [0.717, 1.165) is 48.3 Å². The lowest BCUT2D eigenvalue weighted by Gasteiger charge is -2.50. The smallest absolute Gasteiger partial charge is 0.418 e. The molecule has 5 N–H and O–H groups in total. The molecule has 2 aliphatic heterocycles. The fourth-order valence-electron chi connectivity index (χ4n) is 5.44. The molecule has 0 aliphatic carbocycles. The van der Waals surface area contributed by atoms with E-state index in [9.17, 15) is 27.9 Å². The highest BCUT2D eigenvalue weighted by atomic mass is 32.3. The highest BCUT2D eigenvalue weighted by Gasteiger charge is 2.57. The number of carboxylic acid groups (broad SMARTS) is 1. The molecule has 2 aromatic heterocycles. The van der Waals surface area contributed by atoms with Gasteiger partial charge in [-0.15, -0.1) is 20.3 Å². The van der Waals surface area contributed by atoms with E-state index < -0.39 is 64.4 Å². The van der Waals surface area contributed by atoms with Crippen LogP contribution in [0.15, 0.2) is 34.9 Å². The van der Waals surface area contributed by atoms with Gasteiger partial charge in [0, 0.05) is 24.3 Å². The van der Waals surface area contributed by atoms with E-state index in [1.807, 2.05) is 19.3 Å². The predicted octanol–water partition coefficient (Wildman–Crippen LogP) is 0.298. The minimum absolute atomic E-state index is 0.00982. The Morgan fingerprint density at radius 1 is 1.35 bits per heavy atom. The summed E-state index contributed by atoms with van der Waals surface area (Å²) in [6.07, 6.45) is 0.993. The molecule has 0 saturated carbocycles. The number of carbonyl (C=O) groups is 3. The summed E-state index contributed by atoms with van der Waals surface area (Å²) in [6.45, 7) is 5.24. The van der Waals surface area contributed by atoms with Crippen LogP contribution in [0.1, 0.15) is 32.4 Å².